The molecule has 4 rings (SSSR count). The zero-order chi connectivity index (χ0) is 19.5. The third-order valence-corrected chi connectivity index (χ3v) is 4.93. The Kier molecular flexibility index (Phi) is 5.16. The fourth-order valence-corrected chi connectivity index (χ4v) is 3.57. The first-order chi connectivity index (χ1) is 12.7. The molecule has 1 saturated heterocycles. The van der Waals surface area contributed by atoms with Gasteiger partial charge in [0.05, 0.1) is 12.0 Å². The van der Waals surface area contributed by atoms with Gasteiger partial charge in [-0.2, -0.15) is 5.10 Å². The molecule has 0 radical (unpaired) electrons. The molecule has 0 bridgehead atoms. The molecule has 0 aliphatic carbocycles. The normalized spacial score (nSPS) is 27.0. The number of phosphoric acid groups is 1. The Morgan fingerprint density at radius 3 is 2.71 bits per heavy atom. The van der Waals surface area contributed by atoms with Crippen LogP contribution in [0.4, 0.5) is 5.82 Å². The summed E-state index contributed by atoms with van der Waals surface area (Å²) in [5, 5.41) is 26.8. The lowest BCUT2D eigenvalue weighted by Gasteiger charge is -2.19. The third kappa shape index (κ3) is 3.25. The van der Waals surface area contributed by atoms with Gasteiger partial charge in [0.1, 0.15) is 30.3 Å². The van der Waals surface area contributed by atoms with Crippen LogP contribution in [0.15, 0.2) is 17.6 Å². The molecule has 2 aliphatic heterocycles. The minimum atomic E-state index is -4.75. The highest BCUT2D eigenvalue weighted by atomic mass is 31.2. The number of aliphatic hydroxyl groups is 2. The molecule has 0 amide bonds. The molecule has 15 heteroatoms. The number of hydrogen-bond donors (Lipinski definition) is 5. The van der Waals surface area contributed by atoms with Crippen LogP contribution < -0.4 is 10.7 Å². The van der Waals surface area contributed by atoms with E-state index in [4.69, 9.17) is 20.3 Å². The van der Waals surface area contributed by atoms with Crippen molar-refractivity contribution in [1.82, 2.24) is 14.5 Å². The molecule has 2 aliphatic rings. The lowest BCUT2D eigenvalue weighted by molar-refractivity contribution is -0.0501. The van der Waals surface area contributed by atoms with Gasteiger partial charge in [0.2, 0.25) is 0 Å². The van der Waals surface area contributed by atoms with Crippen LogP contribution in [0.1, 0.15) is 11.8 Å². The predicted octanol–water partition coefficient (Wildman–Crippen LogP) is -2.59. The van der Waals surface area contributed by atoms with Crippen LogP contribution in [0.5, 0.6) is 0 Å². The Balaban J connectivity index is 0.00000225. The van der Waals surface area contributed by atoms with Gasteiger partial charge in [-0.1, -0.05) is 0 Å². The number of hydrogen-bond acceptors (Lipinski definition) is 10. The fraction of sp³-hybridized carbons (Fsp3) is 0.462. The predicted molar refractivity (Wildman–Crippen MR) is 94.2 cm³/mol. The second kappa shape index (κ2) is 7.02. The Morgan fingerprint density at radius 2 is 2.04 bits per heavy atom. The first-order valence-corrected chi connectivity index (χ1v) is 9.36. The van der Waals surface area contributed by atoms with Crippen molar-refractivity contribution >= 4 is 30.5 Å². The van der Waals surface area contributed by atoms with E-state index in [-0.39, 0.29) is 11.3 Å². The van der Waals surface area contributed by atoms with E-state index in [1.54, 1.807) is 13.2 Å². The average molecular weight is 418 g/mol. The molecule has 0 saturated carbocycles. The molecule has 2 aromatic heterocycles. The Bertz CT molecular complexity index is 975. The second-order valence-electron chi connectivity index (χ2n) is 6.19. The van der Waals surface area contributed by atoms with Gasteiger partial charge in [-0.3, -0.25) is 4.52 Å². The number of aromatic nitrogens is 3. The highest BCUT2D eigenvalue weighted by Gasteiger charge is 2.45. The number of phosphoric ester groups is 1. The van der Waals surface area contributed by atoms with Gasteiger partial charge in [0, 0.05) is 18.8 Å². The number of nitrogens with two attached hydrogens (primary N) is 1. The van der Waals surface area contributed by atoms with Gasteiger partial charge in [-0.25, -0.2) is 19.5 Å². The maximum Gasteiger partial charge on any atom is 0.469 e. The maximum atomic E-state index is 10.9. The summed E-state index contributed by atoms with van der Waals surface area (Å²) < 4.78 is 22.3. The standard InChI is InChI=1S/C13H17N6O7P.H2O/c1-18-11-7-5(10(14)17-18)2-19(12(7)16-4-15-11)13-9(21)8(20)6(26-13)3-25-27(22,23)24;/h2,4,6,8-9,13,20-21H,3H2,1H3,(H2,14,17)(H2,22,23,24);1H2/t6-,8-,9-,13?;/m1./s1. The van der Waals surface area contributed by atoms with E-state index in [1.165, 1.54) is 15.9 Å². The number of aliphatic hydroxyl groups excluding tert-OH is 2. The van der Waals surface area contributed by atoms with Gasteiger partial charge in [0.15, 0.2) is 17.9 Å². The van der Waals surface area contributed by atoms with Gasteiger partial charge >= 0.3 is 7.82 Å². The first kappa shape index (κ1) is 20.6. The fourth-order valence-electron chi connectivity index (χ4n) is 3.23. The minimum Gasteiger partial charge on any atom is -0.412 e. The second-order valence-corrected chi connectivity index (χ2v) is 7.43. The van der Waals surface area contributed by atoms with Gasteiger partial charge in [-0.15, -0.1) is 0 Å². The lowest BCUT2D eigenvalue weighted by atomic mass is 10.1. The number of hydrazone groups is 1. The summed E-state index contributed by atoms with van der Waals surface area (Å²) in [4.78, 5) is 26.0. The molecule has 8 N–H and O–H groups in total. The highest BCUT2D eigenvalue weighted by molar-refractivity contribution is 7.46. The number of anilines is 1. The first-order valence-electron chi connectivity index (χ1n) is 7.83. The van der Waals surface area contributed by atoms with E-state index >= 15 is 0 Å². The quantitative estimate of drug-likeness (QED) is 0.324. The summed E-state index contributed by atoms with van der Waals surface area (Å²) in [5.41, 5.74) is 6.91. The summed E-state index contributed by atoms with van der Waals surface area (Å²) in [7, 11) is -3.07. The average Bonchev–Trinajstić information content (AvgIpc) is 3.11. The van der Waals surface area contributed by atoms with Crippen LogP contribution >= 0.6 is 7.82 Å². The minimum absolute atomic E-state index is 0. The summed E-state index contributed by atoms with van der Waals surface area (Å²) >= 11 is 0. The number of amidine groups is 1. The third-order valence-electron chi connectivity index (χ3n) is 4.45. The number of nitrogens with zero attached hydrogens (tertiary/aromatic N) is 5. The monoisotopic (exact) mass is 418 g/mol. The van der Waals surface area contributed by atoms with Crippen LogP contribution in [-0.4, -0.2) is 77.8 Å². The van der Waals surface area contributed by atoms with Gasteiger partial charge in [0.25, 0.3) is 0 Å². The molecule has 2 aromatic rings. The molecule has 0 aromatic carbocycles. The van der Waals surface area contributed by atoms with Crippen molar-refractivity contribution < 1.29 is 39.3 Å². The van der Waals surface area contributed by atoms with Gasteiger partial charge < -0.3 is 40.5 Å². The Labute approximate surface area is 157 Å². The summed E-state index contributed by atoms with van der Waals surface area (Å²) in [6, 6.07) is 0. The zero-order valence-electron chi connectivity index (χ0n) is 14.4. The van der Waals surface area contributed by atoms with Crippen LogP contribution in [-0.2, 0) is 13.8 Å². The maximum absolute atomic E-state index is 10.9. The van der Waals surface area contributed by atoms with Crippen molar-refractivity contribution in [2.45, 2.75) is 24.5 Å². The van der Waals surface area contributed by atoms with Crippen molar-refractivity contribution in [1.29, 1.82) is 0 Å². The van der Waals surface area contributed by atoms with Crippen molar-refractivity contribution in [2.24, 2.45) is 10.8 Å². The molecule has 4 atom stereocenters. The molecule has 14 nitrogen and oxygen atoms in total. The molecule has 1 fully saturated rings. The lowest BCUT2D eigenvalue weighted by Crippen LogP contribution is -2.33. The van der Waals surface area contributed by atoms with Crippen LogP contribution in [0, 0.1) is 0 Å². The van der Waals surface area contributed by atoms with E-state index in [1.807, 2.05) is 0 Å². The van der Waals surface area contributed by atoms with Crippen LogP contribution in [0.2, 0.25) is 0 Å². The summed E-state index contributed by atoms with van der Waals surface area (Å²) in [6.45, 7) is -0.600. The number of rotatable bonds is 4. The molecular formula is C13H19N6O8P. The van der Waals surface area contributed by atoms with E-state index in [9.17, 15) is 14.8 Å². The van der Waals surface area contributed by atoms with Crippen molar-refractivity contribution in [3.05, 3.63) is 18.1 Å². The zero-order valence-corrected chi connectivity index (χ0v) is 15.3. The topological polar surface area (TPSA) is 220 Å². The Morgan fingerprint density at radius 1 is 1.32 bits per heavy atom. The van der Waals surface area contributed by atoms with Gasteiger partial charge in [-0.05, 0) is 0 Å². The van der Waals surface area contributed by atoms with Crippen molar-refractivity contribution in [3.63, 3.8) is 0 Å². The van der Waals surface area contributed by atoms with Crippen molar-refractivity contribution in [3.8, 4) is 0 Å². The molecular weight excluding hydrogens is 399 g/mol. The van der Waals surface area contributed by atoms with Crippen LogP contribution in [0.3, 0.4) is 0 Å². The summed E-state index contributed by atoms with van der Waals surface area (Å²) in [6.07, 6.45) is -2.17. The smallest absolute Gasteiger partial charge is 0.412 e. The van der Waals surface area contributed by atoms with Crippen LogP contribution in [0.25, 0.3) is 11.0 Å². The van der Waals surface area contributed by atoms with E-state index in [2.05, 4.69) is 19.6 Å². The molecule has 28 heavy (non-hydrogen) atoms. The summed E-state index contributed by atoms with van der Waals surface area (Å²) in [5.74, 6) is 0.732. The van der Waals surface area contributed by atoms with E-state index in [0.29, 0.717) is 22.4 Å². The SMILES string of the molecule is CN1N=C(N)c2cn(C3O[C@H](COP(=O)(O)O)[C@@H](O)[C@H]3O)c3ncnc1c23.O. The highest BCUT2D eigenvalue weighted by Crippen LogP contribution is 2.40. The van der Waals surface area contributed by atoms with E-state index < -0.39 is 39.0 Å². The van der Waals surface area contributed by atoms with E-state index in [0.717, 1.165) is 0 Å². The Hall–Kier alpha value is -2.16. The number of ether oxygens (including phenoxy) is 1. The molecule has 0 spiro atoms. The van der Waals surface area contributed by atoms with Crippen molar-refractivity contribution in [2.75, 3.05) is 18.7 Å². The largest absolute Gasteiger partial charge is 0.469 e. The molecule has 1 unspecified atom stereocenters. The molecule has 4 heterocycles. The molecule has 154 valence electrons.